The van der Waals surface area contributed by atoms with Crippen molar-refractivity contribution in [2.24, 2.45) is 0 Å². The van der Waals surface area contributed by atoms with Gasteiger partial charge in [0.25, 0.3) is 0 Å². The van der Waals surface area contributed by atoms with Gasteiger partial charge in [0.2, 0.25) is 0 Å². The maximum absolute atomic E-state index is 12.9. The van der Waals surface area contributed by atoms with Crippen molar-refractivity contribution in [1.82, 2.24) is 9.88 Å². The van der Waals surface area contributed by atoms with Crippen molar-refractivity contribution in [3.8, 4) is 0 Å². The van der Waals surface area contributed by atoms with Crippen LogP contribution in [0.4, 0.5) is 0 Å². The molecule has 2 saturated heterocycles. The Morgan fingerprint density at radius 3 is 2.59 bits per heavy atom. The van der Waals surface area contributed by atoms with Crippen molar-refractivity contribution in [1.29, 1.82) is 0 Å². The molecule has 0 saturated carbocycles. The number of fused-ring (bicyclic) bond motifs is 3. The highest BCUT2D eigenvalue weighted by atomic mass is 32.2. The molecule has 2 aliphatic heterocycles. The number of benzene rings is 1. The van der Waals surface area contributed by atoms with Crippen LogP contribution in [0.15, 0.2) is 32.3 Å². The van der Waals surface area contributed by atoms with Gasteiger partial charge in [-0.1, -0.05) is 0 Å². The summed E-state index contributed by atoms with van der Waals surface area (Å²) >= 11 is 0. The molecule has 2 aromatic rings. The summed E-state index contributed by atoms with van der Waals surface area (Å²) < 4.78 is 30.8. The Hall–Kier alpha value is -1.60. The lowest BCUT2D eigenvalue weighted by atomic mass is 10.0. The van der Waals surface area contributed by atoms with Crippen LogP contribution in [0.5, 0.6) is 0 Å². The number of sulfone groups is 1. The summed E-state index contributed by atoms with van der Waals surface area (Å²) in [5.41, 5.74) is 0.814. The van der Waals surface area contributed by atoms with Gasteiger partial charge in [0, 0.05) is 18.2 Å². The smallest absolute Gasteiger partial charge is 0.408 e. The molecule has 2 bridgehead atoms. The average Bonchev–Trinajstić information content (AvgIpc) is 2.91. The zero-order chi connectivity index (χ0) is 15.5. The fourth-order valence-electron chi connectivity index (χ4n) is 3.91. The second-order valence-corrected chi connectivity index (χ2v) is 8.59. The normalized spacial score (nSPS) is 29.2. The summed E-state index contributed by atoms with van der Waals surface area (Å²) in [5, 5.41) is -0.343. The molecule has 0 radical (unpaired) electrons. The van der Waals surface area contributed by atoms with Gasteiger partial charge in [-0.2, -0.15) is 0 Å². The zero-order valence-corrected chi connectivity index (χ0v) is 13.1. The van der Waals surface area contributed by atoms with E-state index >= 15 is 0 Å². The number of aromatic nitrogens is 1. The molecule has 22 heavy (non-hydrogen) atoms. The van der Waals surface area contributed by atoms with Crippen LogP contribution < -0.4 is 5.76 Å². The number of H-pyrrole nitrogens is 1. The molecule has 7 heteroatoms. The molecule has 0 spiro atoms. The monoisotopic (exact) mass is 322 g/mol. The summed E-state index contributed by atoms with van der Waals surface area (Å²) in [5.74, 6) is -0.568. The molecule has 1 aromatic carbocycles. The molecule has 2 aliphatic rings. The van der Waals surface area contributed by atoms with Crippen LogP contribution in [-0.4, -0.2) is 42.7 Å². The van der Waals surface area contributed by atoms with Gasteiger partial charge >= 0.3 is 5.76 Å². The van der Waals surface area contributed by atoms with E-state index in [1.165, 1.54) is 6.07 Å². The van der Waals surface area contributed by atoms with Gasteiger partial charge in [0.05, 0.1) is 15.7 Å². The first kappa shape index (κ1) is 14.0. The van der Waals surface area contributed by atoms with E-state index in [1.54, 1.807) is 12.1 Å². The van der Waals surface area contributed by atoms with Crippen molar-refractivity contribution >= 4 is 20.9 Å². The van der Waals surface area contributed by atoms with Gasteiger partial charge in [-0.15, -0.1) is 0 Å². The SMILES string of the molecule is CN1[C@@H]2CC[C@H]1C[C@H](S(=O)(=O)c1ccc3[nH]c(=O)oc3c1)C2. The number of oxazole rings is 1. The quantitative estimate of drug-likeness (QED) is 0.906. The first-order valence-corrected chi connectivity index (χ1v) is 9.08. The lowest BCUT2D eigenvalue weighted by Gasteiger charge is -2.35. The van der Waals surface area contributed by atoms with Gasteiger partial charge in [-0.25, -0.2) is 13.2 Å². The molecule has 118 valence electrons. The fourth-order valence-corrected chi connectivity index (χ4v) is 5.78. The summed E-state index contributed by atoms with van der Waals surface area (Å²) in [6.07, 6.45) is 3.53. The third-order valence-electron chi connectivity index (χ3n) is 5.21. The summed E-state index contributed by atoms with van der Waals surface area (Å²) in [6, 6.07) is 5.35. The highest BCUT2D eigenvalue weighted by molar-refractivity contribution is 7.92. The van der Waals surface area contributed by atoms with E-state index in [9.17, 15) is 13.2 Å². The predicted octanol–water partition coefficient (Wildman–Crippen LogP) is 1.52. The number of piperidine rings is 1. The lowest BCUT2D eigenvalue weighted by molar-refractivity contribution is 0.180. The Labute approximate surface area is 128 Å². The van der Waals surface area contributed by atoms with Crippen LogP contribution in [-0.2, 0) is 9.84 Å². The minimum atomic E-state index is -3.40. The van der Waals surface area contributed by atoms with Crippen LogP contribution in [0.25, 0.3) is 11.1 Å². The molecule has 3 atom stereocenters. The number of hydrogen-bond donors (Lipinski definition) is 1. The van der Waals surface area contributed by atoms with E-state index < -0.39 is 15.6 Å². The molecule has 1 aromatic heterocycles. The van der Waals surface area contributed by atoms with Crippen molar-refractivity contribution in [3.63, 3.8) is 0 Å². The van der Waals surface area contributed by atoms with E-state index in [4.69, 9.17) is 4.42 Å². The van der Waals surface area contributed by atoms with Crippen LogP contribution in [0.1, 0.15) is 25.7 Å². The molecule has 1 N–H and O–H groups in total. The Bertz CT molecular complexity index is 868. The number of hydrogen-bond acceptors (Lipinski definition) is 5. The van der Waals surface area contributed by atoms with Gasteiger partial charge in [-0.05, 0) is 44.9 Å². The standard InChI is InChI=1S/C15H18N2O4S/c1-17-9-2-3-10(17)7-12(6-9)22(19,20)11-4-5-13-14(8-11)21-15(18)16-13/h4-5,8-10,12H,2-3,6-7H2,1H3,(H,16,18)/t9-,10+,12-. The third kappa shape index (κ3) is 2.03. The molecule has 6 nitrogen and oxygen atoms in total. The van der Waals surface area contributed by atoms with E-state index in [-0.39, 0.29) is 10.1 Å². The second kappa shape index (κ2) is 4.70. The number of rotatable bonds is 2. The van der Waals surface area contributed by atoms with Crippen LogP contribution in [0.2, 0.25) is 0 Å². The Morgan fingerprint density at radius 2 is 1.91 bits per heavy atom. The van der Waals surface area contributed by atoms with Crippen LogP contribution in [0, 0.1) is 0 Å². The van der Waals surface area contributed by atoms with Crippen molar-refractivity contribution < 1.29 is 12.8 Å². The number of nitrogens with zero attached hydrogens (tertiary/aromatic N) is 1. The maximum Gasteiger partial charge on any atom is 0.417 e. The molecule has 2 fully saturated rings. The van der Waals surface area contributed by atoms with Crippen molar-refractivity contribution in [2.45, 2.75) is 47.9 Å². The lowest BCUT2D eigenvalue weighted by Crippen LogP contribution is -2.44. The molecular weight excluding hydrogens is 304 g/mol. The average molecular weight is 322 g/mol. The van der Waals surface area contributed by atoms with E-state index in [2.05, 4.69) is 16.9 Å². The Kier molecular flexibility index (Phi) is 2.99. The summed E-state index contributed by atoms with van der Waals surface area (Å²) in [6.45, 7) is 0. The molecule has 3 heterocycles. The predicted molar refractivity (Wildman–Crippen MR) is 81.6 cm³/mol. The maximum atomic E-state index is 12.9. The fraction of sp³-hybridized carbons (Fsp3) is 0.533. The minimum absolute atomic E-state index is 0.247. The van der Waals surface area contributed by atoms with E-state index in [0.717, 1.165) is 12.8 Å². The Morgan fingerprint density at radius 1 is 1.23 bits per heavy atom. The molecule has 4 rings (SSSR count). The highest BCUT2D eigenvalue weighted by Crippen LogP contribution is 2.38. The van der Waals surface area contributed by atoms with Gasteiger partial charge in [0.15, 0.2) is 15.4 Å². The first-order valence-electron chi connectivity index (χ1n) is 7.54. The van der Waals surface area contributed by atoms with Crippen molar-refractivity contribution in [2.75, 3.05) is 7.05 Å². The summed E-state index contributed by atoms with van der Waals surface area (Å²) in [7, 11) is -1.31. The first-order chi connectivity index (χ1) is 10.4. The van der Waals surface area contributed by atoms with Gasteiger partial charge in [-0.3, -0.25) is 4.98 Å². The number of nitrogens with one attached hydrogen (secondary N) is 1. The zero-order valence-electron chi connectivity index (χ0n) is 12.3. The molecule has 0 aliphatic carbocycles. The summed E-state index contributed by atoms with van der Waals surface area (Å²) in [4.78, 5) is 16.3. The van der Waals surface area contributed by atoms with Crippen LogP contribution >= 0.6 is 0 Å². The molecular formula is C15H18N2O4S. The molecule has 0 amide bonds. The largest absolute Gasteiger partial charge is 0.417 e. The third-order valence-corrected chi connectivity index (χ3v) is 7.39. The Balaban J connectivity index is 1.71. The topological polar surface area (TPSA) is 83.4 Å². The van der Waals surface area contributed by atoms with Gasteiger partial charge in [0.1, 0.15) is 0 Å². The van der Waals surface area contributed by atoms with Crippen LogP contribution in [0.3, 0.4) is 0 Å². The minimum Gasteiger partial charge on any atom is -0.408 e. The number of aromatic amines is 1. The van der Waals surface area contributed by atoms with Crippen molar-refractivity contribution in [3.05, 3.63) is 28.7 Å². The van der Waals surface area contributed by atoms with Gasteiger partial charge < -0.3 is 9.32 Å². The van der Waals surface area contributed by atoms with E-state index in [1.807, 2.05) is 0 Å². The second-order valence-electron chi connectivity index (χ2n) is 6.36. The van der Waals surface area contributed by atoms with E-state index in [0.29, 0.717) is 36.0 Å². The highest BCUT2D eigenvalue weighted by Gasteiger charge is 2.43. The molecule has 0 unspecified atom stereocenters.